The van der Waals surface area contributed by atoms with E-state index < -0.39 is 6.09 Å². The van der Waals surface area contributed by atoms with Crippen molar-refractivity contribution < 1.29 is 23.8 Å². The van der Waals surface area contributed by atoms with E-state index in [1.54, 1.807) is 12.1 Å². The van der Waals surface area contributed by atoms with E-state index >= 15 is 0 Å². The number of hydrogen-bond donors (Lipinski definition) is 1. The fourth-order valence-corrected chi connectivity index (χ4v) is 4.83. The number of methoxy groups -OCH3 is 1. The maximum atomic E-state index is 13.4. The molecule has 1 saturated heterocycles. The number of carbonyl (C=O) groups is 2. The Morgan fingerprint density at radius 1 is 1.09 bits per heavy atom. The van der Waals surface area contributed by atoms with Crippen LogP contribution in [-0.4, -0.2) is 54.0 Å². The topological polar surface area (TPSA) is 82.4 Å². The molecular weight excluding hydrogens is 437 g/mol. The predicted molar refractivity (Wildman–Crippen MR) is 127 cm³/mol. The number of anilines is 1. The lowest BCUT2D eigenvalue weighted by molar-refractivity contribution is -0.141. The Morgan fingerprint density at radius 3 is 2.32 bits per heavy atom. The Balaban J connectivity index is 1.51. The van der Waals surface area contributed by atoms with E-state index in [9.17, 15) is 14.0 Å². The molecule has 0 saturated carbocycles. The van der Waals surface area contributed by atoms with E-state index in [0.717, 1.165) is 36.2 Å². The van der Waals surface area contributed by atoms with Crippen LogP contribution >= 0.6 is 0 Å². The largest absolute Gasteiger partial charge is 0.469 e. The normalized spacial score (nSPS) is 20.9. The van der Waals surface area contributed by atoms with Crippen LogP contribution in [0.4, 0.5) is 14.9 Å². The molecule has 1 amide bonds. The fraction of sp³-hybridized carbons (Fsp3) is 0.423. The third kappa shape index (κ3) is 5.21. The van der Waals surface area contributed by atoms with Crippen LogP contribution in [-0.2, 0) is 16.0 Å². The summed E-state index contributed by atoms with van der Waals surface area (Å²) in [4.78, 5) is 24.7. The first kappa shape index (κ1) is 23.7. The number of carbonyl (C=O) groups excluding carboxylic acids is 1. The third-order valence-corrected chi connectivity index (χ3v) is 6.89. The van der Waals surface area contributed by atoms with Gasteiger partial charge in [0.25, 0.3) is 0 Å². The van der Waals surface area contributed by atoms with Crippen LogP contribution in [0.3, 0.4) is 0 Å². The number of hydrazone groups is 1. The molecule has 2 aromatic rings. The molecule has 0 unspecified atom stereocenters. The van der Waals surface area contributed by atoms with Gasteiger partial charge in [-0.15, -0.1) is 0 Å². The van der Waals surface area contributed by atoms with Gasteiger partial charge in [0.1, 0.15) is 5.82 Å². The Labute approximate surface area is 198 Å². The van der Waals surface area contributed by atoms with E-state index in [1.165, 1.54) is 29.7 Å². The summed E-state index contributed by atoms with van der Waals surface area (Å²) in [6.07, 6.45) is 1.98. The standard InChI is InChI=1S/C26H30FN3O4/c1-17-23(16-24(31)34-2)30(28-25(17)20-5-7-21(27)8-6-20)22-9-3-18(4-10-22)15-19-11-13-29(14-12-19)26(32)33/h3-10,17,19,23H,11-16H2,1-2H3,(H,32,33)/t17-,23-/m0/s1. The van der Waals surface area contributed by atoms with Crippen molar-refractivity contribution in [1.29, 1.82) is 0 Å². The molecule has 0 radical (unpaired) electrons. The molecule has 0 spiro atoms. The maximum Gasteiger partial charge on any atom is 0.407 e. The van der Waals surface area contributed by atoms with Crippen LogP contribution in [0.25, 0.3) is 0 Å². The van der Waals surface area contributed by atoms with E-state index in [2.05, 4.69) is 12.1 Å². The molecule has 7 nitrogen and oxygen atoms in total. The number of likely N-dealkylation sites (tertiary alicyclic amines) is 1. The zero-order valence-corrected chi connectivity index (χ0v) is 19.5. The molecule has 8 heteroatoms. The zero-order valence-electron chi connectivity index (χ0n) is 19.5. The van der Waals surface area contributed by atoms with Gasteiger partial charge >= 0.3 is 12.1 Å². The molecule has 4 rings (SSSR count). The van der Waals surface area contributed by atoms with Gasteiger partial charge in [-0.25, -0.2) is 9.18 Å². The lowest BCUT2D eigenvalue weighted by atomic mass is 9.90. The quantitative estimate of drug-likeness (QED) is 0.631. The molecule has 0 aliphatic carbocycles. The molecule has 2 aliphatic rings. The van der Waals surface area contributed by atoms with Gasteiger partial charge < -0.3 is 14.7 Å². The SMILES string of the molecule is COC(=O)C[C@H]1[C@H](C)C(c2ccc(F)cc2)=NN1c1ccc(CC2CCN(C(=O)O)CC2)cc1. The third-order valence-electron chi connectivity index (χ3n) is 6.89. The summed E-state index contributed by atoms with van der Waals surface area (Å²) in [7, 11) is 1.38. The van der Waals surface area contributed by atoms with E-state index in [0.29, 0.717) is 19.0 Å². The number of hydrogen-bond acceptors (Lipinski definition) is 5. The van der Waals surface area contributed by atoms with E-state index in [-0.39, 0.29) is 30.2 Å². The average Bonchev–Trinajstić information content (AvgIpc) is 3.16. The molecule has 1 N–H and O–H groups in total. The second-order valence-corrected chi connectivity index (χ2v) is 9.06. The Morgan fingerprint density at radius 2 is 1.74 bits per heavy atom. The molecule has 2 atom stereocenters. The van der Waals surface area contributed by atoms with Gasteiger partial charge in [-0.1, -0.05) is 31.2 Å². The lowest BCUT2D eigenvalue weighted by Gasteiger charge is -2.30. The van der Waals surface area contributed by atoms with Gasteiger partial charge in [0.15, 0.2) is 0 Å². The molecule has 0 bridgehead atoms. The van der Waals surface area contributed by atoms with Crippen molar-refractivity contribution in [3.63, 3.8) is 0 Å². The molecule has 0 aromatic heterocycles. The van der Waals surface area contributed by atoms with Crippen LogP contribution in [0.1, 0.15) is 37.3 Å². The van der Waals surface area contributed by atoms with Gasteiger partial charge in [0, 0.05) is 19.0 Å². The van der Waals surface area contributed by atoms with Crippen LogP contribution in [0.2, 0.25) is 0 Å². The molecule has 34 heavy (non-hydrogen) atoms. The van der Waals surface area contributed by atoms with Crippen molar-refractivity contribution in [3.8, 4) is 0 Å². The van der Waals surface area contributed by atoms with Crippen molar-refractivity contribution in [1.82, 2.24) is 4.90 Å². The smallest absolute Gasteiger partial charge is 0.407 e. The highest BCUT2D eigenvalue weighted by Gasteiger charge is 2.37. The minimum absolute atomic E-state index is 0.0522. The Hall–Kier alpha value is -3.42. The maximum absolute atomic E-state index is 13.4. The summed E-state index contributed by atoms with van der Waals surface area (Å²) >= 11 is 0. The van der Waals surface area contributed by atoms with E-state index in [1.807, 2.05) is 24.1 Å². The number of nitrogens with zero attached hydrogens (tertiary/aromatic N) is 3. The van der Waals surface area contributed by atoms with Crippen molar-refractivity contribution in [2.24, 2.45) is 16.9 Å². The van der Waals surface area contributed by atoms with Crippen LogP contribution in [0.5, 0.6) is 0 Å². The summed E-state index contributed by atoms with van der Waals surface area (Å²) in [5.74, 6) is -0.198. The Kier molecular flexibility index (Phi) is 7.14. The van der Waals surface area contributed by atoms with Gasteiger partial charge in [-0.3, -0.25) is 9.80 Å². The molecule has 2 aromatic carbocycles. The fourth-order valence-electron chi connectivity index (χ4n) is 4.83. The summed E-state index contributed by atoms with van der Waals surface area (Å²) in [6.45, 7) is 3.19. The monoisotopic (exact) mass is 467 g/mol. The number of amides is 1. The van der Waals surface area contributed by atoms with Gasteiger partial charge in [-0.05, 0) is 60.6 Å². The van der Waals surface area contributed by atoms with Crippen molar-refractivity contribution in [3.05, 3.63) is 65.5 Å². The number of carboxylic acid groups (broad SMARTS) is 1. The highest BCUT2D eigenvalue weighted by molar-refractivity contribution is 6.05. The summed E-state index contributed by atoms with van der Waals surface area (Å²) in [5.41, 5.74) is 3.71. The van der Waals surface area contributed by atoms with Gasteiger partial charge in [0.05, 0.1) is 31.0 Å². The first-order valence-corrected chi connectivity index (χ1v) is 11.6. The van der Waals surface area contributed by atoms with Crippen molar-refractivity contribution in [2.45, 2.75) is 38.6 Å². The highest BCUT2D eigenvalue weighted by atomic mass is 19.1. The number of rotatable bonds is 6. The van der Waals surface area contributed by atoms with Crippen molar-refractivity contribution >= 4 is 23.5 Å². The summed E-state index contributed by atoms with van der Waals surface area (Å²) in [5, 5.41) is 15.8. The van der Waals surface area contributed by atoms with Crippen LogP contribution in [0.15, 0.2) is 53.6 Å². The van der Waals surface area contributed by atoms with Gasteiger partial charge in [0.2, 0.25) is 0 Å². The Bertz CT molecular complexity index is 1050. The molecule has 180 valence electrons. The van der Waals surface area contributed by atoms with Crippen molar-refractivity contribution in [2.75, 3.05) is 25.2 Å². The molecule has 2 heterocycles. The second-order valence-electron chi connectivity index (χ2n) is 9.06. The minimum atomic E-state index is -0.843. The number of benzene rings is 2. The second kappa shape index (κ2) is 10.2. The summed E-state index contributed by atoms with van der Waals surface area (Å²) in [6, 6.07) is 14.2. The molecule has 2 aliphatic heterocycles. The van der Waals surface area contributed by atoms with Gasteiger partial charge in [-0.2, -0.15) is 5.10 Å². The number of esters is 1. The highest BCUT2D eigenvalue weighted by Crippen LogP contribution is 2.33. The van der Waals surface area contributed by atoms with E-state index in [4.69, 9.17) is 14.9 Å². The zero-order chi connectivity index (χ0) is 24.2. The minimum Gasteiger partial charge on any atom is -0.469 e. The molecule has 1 fully saturated rings. The average molecular weight is 468 g/mol. The number of halogens is 1. The summed E-state index contributed by atoms with van der Waals surface area (Å²) < 4.78 is 18.3. The lowest BCUT2D eigenvalue weighted by Crippen LogP contribution is -2.37. The predicted octanol–water partition coefficient (Wildman–Crippen LogP) is 4.55. The first-order valence-electron chi connectivity index (χ1n) is 11.6. The van der Waals surface area contributed by atoms with Crippen LogP contribution < -0.4 is 5.01 Å². The first-order chi connectivity index (χ1) is 16.4. The number of ether oxygens (including phenoxy) is 1. The number of piperidine rings is 1. The van der Waals surface area contributed by atoms with Crippen LogP contribution in [0, 0.1) is 17.7 Å². The molecular formula is C26H30FN3O4.